The van der Waals surface area contributed by atoms with E-state index >= 15 is 0 Å². The molecule has 0 spiro atoms. The van der Waals surface area contributed by atoms with Crippen LogP contribution in [0.15, 0.2) is 12.1 Å². The summed E-state index contributed by atoms with van der Waals surface area (Å²) < 4.78 is 28.0. The van der Waals surface area contributed by atoms with Crippen molar-refractivity contribution in [2.24, 2.45) is 5.73 Å². The summed E-state index contributed by atoms with van der Waals surface area (Å²) in [7, 11) is 0. The van der Waals surface area contributed by atoms with E-state index < -0.39 is 17.7 Å². The molecule has 1 aromatic rings. The number of hydrogen-bond donors (Lipinski definition) is 1. The molecule has 0 amide bonds. The Bertz CT molecular complexity index is 467. The smallest absolute Gasteiger partial charge is 0.133 e. The summed E-state index contributed by atoms with van der Waals surface area (Å²) in [5.41, 5.74) is 6.62. The van der Waals surface area contributed by atoms with E-state index in [-0.39, 0.29) is 10.8 Å². The quantitative estimate of drug-likeness (QED) is 0.897. The zero-order valence-corrected chi connectivity index (χ0v) is 13.0. The fourth-order valence-corrected chi connectivity index (χ4v) is 5.19. The van der Waals surface area contributed by atoms with E-state index in [9.17, 15) is 8.78 Å². The van der Waals surface area contributed by atoms with Gasteiger partial charge < -0.3 is 5.73 Å². The minimum Gasteiger partial charge on any atom is -0.323 e. The van der Waals surface area contributed by atoms with Gasteiger partial charge >= 0.3 is 0 Å². The molecule has 1 aliphatic rings. The normalized spacial score (nSPS) is 29.3. The first-order chi connectivity index (χ1) is 8.91. The van der Waals surface area contributed by atoms with E-state index in [1.165, 1.54) is 12.1 Å². The Kier molecular flexibility index (Phi) is 4.79. The van der Waals surface area contributed by atoms with Crippen molar-refractivity contribution in [3.8, 4) is 0 Å². The van der Waals surface area contributed by atoms with Gasteiger partial charge in [0.05, 0.1) is 0 Å². The van der Waals surface area contributed by atoms with Crippen molar-refractivity contribution in [1.29, 1.82) is 0 Å². The highest BCUT2D eigenvalue weighted by Crippen LogP contribution is 2.41. The average Bonchev–Trinajstić information content (AvgIpc) is 2.37. The Morgan fingerprint density at radius 3 is 2.58 bits per heavy atom. The summed E-state index contributed by atoms with van der Waals surface area (Å²) in [5.74, 6) is -0.193. The Balaban J connectivity index is 2.25. The number of aryl methyl sites for hydroxylation is 1. The molecule has 19 heavy (non-hydrogen) atoms. The predicted molar refractivity (Wildman–Crippen MR) is 80.8 cm³/mol. The first-order valence-electron chi connectivity index (χ1n) is 6.39. The molecule has 0 bridgehead atoms. The molecular weight excluding hydrogens is 284 g/mol. The minimum absolute atomic E-state index is 0.0415. The average molecular weight is 303 g/mol. The number of hydrogen-bond acceptors (Lipinski definition) is 3. The zero-order chi connectivity index (χ0) is 14.2. The summed E-state index contributed by atoms with van der Waals surface area (Å²) in [6.45, 7) is 5.96. The highest BCUT2D eigenvalue weighted by Gasteiger charge is 2.33. The van der Waals surface area contributed by atoms with Crippen molar-refractivity contribution >= 4 is 23.5 Å². The summed E-state index contributed by atoms with van der Waals surface area (Å²) in [6.07, 6.45) is 0. The van der Waals surface area contributed by atoms with Gasteiger partial charge in [-0.1, -0.05) is 19.9 Å². The number of nitrogens with two attached hydrogens (primary N) is 1. The first kappa shape index (κ1) is 15.1. The Morgan fingerprint density at radius 1 is 1.26 bits per heavy atom. The molecule has 0 aromatic heterocycles. The lowest BCUT2D eigenvalue weighted by Crippen LogP contribution is -2.35. The molecule has 106 valence electrons. The van der Waals surface area contributed by atoms with Crippen LogP contribution in [0.2, 0.25) is 0 Å². The molecule has 4 atom stereocenters. The fourth-order valence-electron chi connectivity index (χ4n) is 2.17. The molecule has 0 aliphatic carbocycles. The van der Waals surface area contributed by atoms with Crippen LogP contribution in [0.4, 0.5) is 8.78 Å². The van der Waals surface area contributed by atoms with Crippen molar-refractivity contribution in [2.45, 2.75) is 42.6 Å². The molecule has 2 rings (SSSR count). The van der Waals surface area contributed by atoms with Gasteiger partial charge in [0, 0.05) is 33.1 Å². The molecule has 1 saturated heterocycles. The molecule has 1 aromatic carbocycles. The first-order valence-corrected chi connectivity index (χ1v) is 8.38. The SMILES string of the molecule is Cc1ccc(F)c(C(N)C2CSC(C)C(C)S2)c1F. The fraction of sp³-hybridized carbons (Fsp3) is 0.571. The molecule has 1 fully saturated rings. The largest absolute Gasteiger partial charge is 0.323 e. The van der Waals surface area contributed by atoms with E-state index in [0.717, 1.165) is 5.75 Å². The Morgan fingerprint density at radius 2 is 1.95 bits per heavy atom. The zero-order valence-electron chi connectivity index (χ0n) is 11.3. The maximum atomic E-state index is 14.1. The van der Waals surface area contributed by atoms with Gasteiger partial charge in [-0.15, -0.1) is 0 Å². The number of benzene rings is 1. The van der Waals surface area contributed by atoms with Crippen LogP contribution in [0.1, 0.15) is 31.0 Å². The maximum absolute atomic E-state index is 14.1. The van der Waals surface area contributed by atoms with Gasteiger partial charge in [-0.3, -0.25) is 0 Å². The van der Waals surface area contributed by atoms with Gasteiger partial charge in [0.25, 0.3) is 0 Å². The Labute approximate surface area is 121 Å². The minimum atomic E-state index is -0.590. The predicted octanol–water partition coefficient (Wildman–Crippen LogP) is 3.90. The van der Waals surface area contributed by atoms with Gasteiger partial charge in [-0.25, -0.2) is 8.78 Å². The van der Waals surface area contributed by atoms with Crippen LogP contribution in [-0.2, 0) is 0 Å². The molecule has 0 radical (unpaired) electrons. The third-order valence-corrected chi connectivity index (χ3v) is 7.14. The van der Waals surface area contributed by atoms with E-state index in [2.05, 4.69) is 13.8 Å². The molecule has 1 heterocycles. The third kappa shape index (κ3) is 3.09. The van der Waals surface area contributed by atoms with Gasteiger partial charge in [0.15, 0.2) is 0 Å². The van der Waals surface area contributed by atoms with Crippen LogP contribution in [-0.4, -0.2) is 21.5 Å². The monoisotopic (exact) mass is 303 g/mol. The summed E-state index contributed by atoms with van der Waals surface area (Å²) in [5, 5.41) is 1.06. The lowest BCUT2D eigenvalue weighted by atomic mass is 10.0. The van der Waals surface area contributed by atoms with Crippen molar-refractivity contribution in [1.82, 2.24) is 0 Å². The molecular formula is C14H19F2NS2. The van der Waals surface area contributed by atoms with Gasteiger partial charge in [-0.2, -0.15) is 23.5 Å². The van der Waals surface area contributed by atoms with Crippen molar-refractivity contribution < 1.29 is 8.78 Å². The lowest BCUT2D eigenvalue weighted by Gasteiger charge is -2.34. The maximum Gasteiger partial charge on any atom is 0.133 e. The standard InChI is InChI=1S/C14H19F2NS2/c1-7-4-5-10(15)12(13(7)16)14(17)11-6-18-8(2)9(3)19-11/h4-5,8-9,11,14H,6,17H2,1-3H3. The summed E-state index contributed by atoms with van der Waals surface area (Å²) in [6, 6.07) is 2.17. The topological polar surface area (TPSA) is 26.0 Å². The molecule has 0 saturated carbocycles. The van der Waals surface area contributed by atoms with Crippen LogP contribution < -0.4 is 5.73 Å². The van der Waals surface area contributed by atoms with Crippen LogP contribution >= 0.6 is 23.5 Å². The van der Waals surface area contributed by atoms with Crippen LogP contribution in [0.5, 0.6) is 0 Å². The number of thioether (sulfide) groups is 2. The molecule has 1 nitrogen and oxygen atoms in total. The van der Waals surface area contributed by atoms with E-state index in [0.29, 0.717) is 16.1 Å². The van der Waals surface area contributed by atoms with E-state index in [1.54, 1.807) is 18.7 Å². The Hall–Kier alpha value is -0.260. The van der Waals surface area contributed by atoms with Crippen molar-refractivity contribution in [3.63, 3.8) is 0 Å². The summed E-state index contributed by atoms with van der Waals surface area (Å²) >= 11 is 3.57. The molecule has 4 unspecified atom stereocenters. The van der Waals surface area contributed by atoms with Gasteiger partial charge in [0.2, 0.25) is 0 Å². The van der Waals surface area contributed by atoms with Crippen molar-refractivity contribution in [3.05, 3.63) is 34.9 Å². The highest BCUT2D eigenvalue weighted by atomic mass is 32.2. The highest BCUT2D eigenvalue weighted by molar-refractivity contribution is 8.07. The van der Waals surface area contributed by atoms with E-state index in [4.69, 9.17) is 5.73 Å². The number of halogens is 2. The van der Waals surface area contributed by atoms with Crippen LogP contribution in [0.25, 0.3) is 0 Å². The number of rotatable bonds is 2. The molecule has 2 N–H and O–H groups in total. The lowest BCUT2D eigenvalue weighted by molar-refractivity contribution is 0.519. The van der Waals surface area contributed by atoms with Gasteiger partial charge in [0.1, 0.15) is 11.6 Å². The summed E-state index contributed by atoms with van der Waals surface area (Å²) in [4.78, 5) is 0. The molecule has 1 aliphatic heterocycles. The molecule has 5 heteroatoms. The third-order valence-electron chi connectivity index (χ3n) is 3.63. The van der Waals surface area contributed by atoms with Gasteiger partial charge in [-0.05, 0) is 18.6 Å². The second-order valence-electron chi connectivity index (χ2n) is 5.04. The second kappa shape index (κ2) is 6.02. The van der Waals surface area contributed by atoms with Crippen LogP contribution in [0.3, 0.4) is 0 Å². The second-order valence-corrected chi connectivity index (χ2v) is 8.07. The van der Waals surface area contributed by atoms with Crippen molar-refractivity contribution in [2.75, 3.05) is 5.75 Å². The van der Waals surface area contributed by atoms with E-state index in [1.807, 2.05) is 11.8 Å². The van der Waals surface area contributed by atoms with Crippen LogP contribution in [0, 0.1) is 18.6 Å².